The van der Waals surface area contributed by atoms with Crippen LogP contribution in [-0.2, 0) is 0 Å². The number of nitrogens with one attached hydrogen (secondary N) is 1. The summed E-state index contributed by atoms with van der Waals surface area (Å²) in [5.74, 6) is 0.138. The van der Waals surface area contributed by atoms with E-state index in [4.69, 9.17) is 0 Å². The zero-order valence-corrected chi connectivity index (χ0v) is 15.7. The number of carbonyl (C=O) groups excluding carboxylic acids is 1. The van der Waals surface area contributed by atoms with Crippen molar-refractivity contribution >= 4 is 16.8 Å². The van der Waals surface area contributed by atoms with Crippen LogP contribution in [-0.4, -0.2) is 65.0 Å². The summed E-state index contributed by atoms with van der Waals surface area (Å²) in [6, 6.07) is 10.3. The third-order valence-electron chi connectivity index (χ3n) is 6.14. The van der Waals surface area contributed by atoms with Crippen LogP contribution in [0.5, 0.6) is 0 Å². The summed E-state index contributed by atoms with van der Waals surface area (Å²) in [4.78, 5) is 22.2. The topological polar surface area (TPSA) is 48.5 Å². The van der Waals surface area contributed by atoms with E-state index in [1.165, 1.54) is 0 Å². The maximum absolute atomic E-state index is 13.1. The number of aromatic nitrogens is 1. The van der Waals surface area contributed by atoms with Gasteiger partial charge in [-0.05, 0) is 44.9 Å². The fourth-order valence-corrected chi connectivity index (χ4v) is 4.39. The van der Waals surface area contributed by atoms with Gasteiger partial charge >= 0.3 is 0 Å². The second kappa shape index (κ2) is 6.97. The van der Waals surface area contributed by atoms with Gasteiger partial charge in [0, 0.05) is 61.5 Å². The van der Waals surface area contributed by atoms with Crippen LogP contribution in [0.15, 0.2) is 36.5 Å². The molecule has 5 heteroatoms. The fraction of sp³-hybridized carbons (Fsp3) is 0.524. The SMILES string of the molecule is CC1CN(C2(C)CCN(C(=O)c3cccc4ncccc34)CC2)CCN1. The predicted molar refractivity (Wildman–Crippen MR) is 104 cm³/mol. The molecule has 3 heterocycles. The first-order valence-electron chi connectivity index (χ1n) is 9.68. The Bertz CT molecular complexity index is 792. The van der Waals surface area contributed by atoms with Crippen LogP contribution in [0.3, 0.4) is 0 Å². The van der Waals surface area contributed by atoms with Gasteiger partial charge in [0.1, 0.15) is 0 Å². The molecule has 1 atom stereocenters. The van der Waals surface area contributed by atoms with E-state index in [9.17, 15) is 4.79 Å². The van der Waals surface area contributed by atoms with Gasteiger partial charge in [0.2, 0.25) is 0 Å². The van der Waals surface area contributed by atoms with E-state index in [1.54, 1.807) is 6.20 Å². The first-order chi connectivity index (χ1) is 12.6. The second-order valence-electron chi connectivity index (χ2n) is 7.97. The molecule has 0 spiro atoms. The van der Waals surface area contributed by atoms with E-state index in [1.807, 2.05) is 35.2 Å². The summed E-state index contributed by atoms with van der Waals surface area (Å²) in [7, 11) is 0. The maximum atomic E-state index is 13.1. The van der Waals surface area contributed by atoms with Gasteiger partial charge in [0.05, 0.1) is 5.52 Å². The number of fused-ring (bicyclic) bond motifs is 1. The van der Waals surface area contributed by atoms with Crippen molar-refractivity contribution in [2.45, 2.75) is 38.3 Å². The molecular formula is C21H28N4O. The Balaban J connectivity index is 1.48. The molecule has 5 nitrogen and oxygen atoms in total. The molecule has 1 aromatic heterocycles. The highest BCUT2D eigenvalue weighted by atomic mass is 16.2. The van der Waals surface area contributed by atoms with E-state index in [-0.39, 0.29) is 11.4 Å². The van der Waals surface area contributed by atoms with Gasteiger partial charge in [0.25, 0.3) is 5.91 Å². The number of hydrogen-bond donors (Lipinski definition) is 1. The number of carbonyl (C=O) groups is 1. The Labute approximate surface area is 155 Å². The van der Waals surface area contributed by atoms with Crippen molar-refractivity contribution in [2.24, 2.45) is 0 Å². The van der Waals surface area contributed by atoms with Gasteiger partial charge in [-0.3, -0.25) is 14.7 Å². The van der Waals surface area contributed by atoms with E-state index < -0.39 is 0 Å². The Morgan fingerprint density at radius 2 is 2.00 bits per heavy atom. The van der Waals surface area contributed by atoms with Crippen molar-refractivity contribution in [2.75, 3.05) is 32.7 Å². The number of hydrogen-bond acceptors (Lipinski definition) is 4. The summed E-state index contributed by atoms with van der Waals surface area (Å²) in [5.41, 5.74) is 1.86. The Morgan fingerprint density at radius 3 is 2.77 bits per heavy atom. The third kappa shape index (κ3) is 3.21. The van der Waals surface area contributed by atoms with Crippen LogP contribution in [0.1, 0.15) is 37.0 Å². The summed E-state index contributed by atoms with van der Waals surface area (Å²) >= 11 is 0. The number of benzene rings is 1. The van der Waals surface area contributed by atoms with Crippen molar-refractivity contribution in [1.29, 1.82) is 0 Å². The summed E-state index contributed by atoms with van der Waals surface area (Å²) in [5, 5.41) is 4.47. The minimum atomic E-state index is 0.138. The summed E-state index contributed by atoms with van der Waals surface area (Å²) < 4.78 is 0. The van der Waals surface area contributed by atoms with E-state index >= 15 is 0 Å². The molecule has 2 fully saturated rings. The predicted octanol–water partition coefficient (Wildman–Crippen LogP) is 2.52. The minimum absolute atomic E-state index is 0.138. The molecule has 2 saturated heterocycles. The molecule has 2 aliphatic heterocycles. The van der Waals surface area contributed by atoms with Crippen LogP contribution < -0.4 is 5.32 Å². The summed E-state index contributed by atoms with van der Waals surface area (Å²) in [6.07, 6.45) is 3.85. The van der Waals surface area contributed by atoms with Crippen LogP contribution in [0, 0.1) is 0 Å². The number of piperazine rings is 1. The number of rotatable bonds is 2. The summed E-state index contributed by atoms with van der Waals surface area (Å²) in [6.45, 7) is 9.53. The fourth-order valence-electron chi connectivity index (χ4n) is 4.39. The lowest BCUT2D eigenvalue weighted by atomic mass is 9.86. The molecule has 0 bridgehead atoms. The first kappa shape index (κ1) is 17.4. The van der Waals surface area contributed by atoms with Crippen molar-refractivity contribution in [3.8, 4) is 0 Å². The lowest BCUT2D eigenvalue weighted by Gasteiger charge is -2.49. The van der Waals surface area contributed by atoms with Crippen molar-refractivity contribution < 1.29 is 4.79 Å². The van der Waals surface area contributed by atoms with E-state index in [0.29, 0.717) is 6.04 Å². The highest BCUT2D eigenvalue weighted by Crippen LogP contribution is 2.30. The number of pyridine rings is 1. The molecule has 26 heavy (non-hydrogen) atoms. The van der Waals surface area contributed by atoms with Gasteiger partial charge in [-0.15, -0.1) is 0 Å². The smallest absolute Gasteiger partial charge is 0.254 e. The number of nitrogens with zero attached hydrogens (tertiary/aromatic N) is 3. The largest absolute Gasteiger partial charge is 0.338 e. The molecule has 2 aromatic rings. The molecule has 2 aliphatic rings. The monoisotopic (exact) mass is 352 g/mol. The molecule has 0 aliphatic carbocycles. The highest BCUT2D eigenvalue weighted by molar-refractivity contribution is 6.06. The Morgan fingerprint density at radius 1 is 1.19 bits per heavy atom. The number of piperidine rings is 1. The maximum Gasteiger partial charge on any atom is 0.254 e. The van der Waals surface area contributed by atoms with Gasteiger partial charge < -0.3 is 10.2 Å². The molecular weight excluding hydrogens is 324 g/mol. The van der Waals surface area contributed by atoms with Gasteiger partial charge in [0.15, 0.2) is 0 Å². The Hall–Kier alpha value is -1.98. The highest BCUT2D eigenvalue weighted by Gasteiger charge is 2.38. The molecule has 4 rings (SSSR count). The molecule has 0 radical (unpaired) electrons. The second-order valence-corrected chi connectivity index (χ2v) is 7.97. The normalized spacial score (nSPS) is 23.9. The Kier molecular flexibility index (Phi) is 4.67. The number of amides is 1. The third-order valence-corrected chi connectivity index (χ3v) is 6.14. The minimum Gasteiger partial charge on any atom is -0.338 e. The zero-order chi connectivity index (χ0) is 18.1. The standard InChI is InChI=1S/C21H28N4O/c1-16-15-25(14-11-22-16)21(2)8-12-24(13-9-21)20(26)18-5-3-7-19-17(18)6-4-10-23-19/h3-7,10,16,22H,8-9,11-15H2,1-2H3. The van der Waals surface area contributed by atoms with Crippen molar-refractivity contribution in [3.05, 3.63) is 42.1 Å². The van der Waals surface area contributed by atoms with Gasteiger partial charge in [-0.1, -0.05) is 12.1 Å². The van der Waals surface area contributed by atoms with Crippen LogP contribution >= 0.6 is 0 Å². The average molecular weight is 352 g/mol. The average Bonchev–Trinajstić information content (AvgIpc) is 2.68. The van der Waals surface area contributed by atoms with Crippen molar-refractivity contribution in [3.63, 3.8) is 0 Å². The zero-order valence-electron chi connectivity index (χ0n) is 15.7. The molecule has 1 unspecified atom stereocenters. The lowest BCUT2D eigenvalue weighted by Crippen LogP contribution is -2.61. The van der Waals surface area contributed by atoms with Crippen LogP contribution in [0.25, 0.3) is 10.9 Å². The lowest BCUT2D eigenvalue weighted by molar-refractivity contribution is 0.0165. The van der Waals surface area contributed by atoms with Crippen molar-refractivity contribution in [1.82, 2.24) is 20.1 Å². The van der Waals surface area contributed by atoms with Gasteiger partial charge in [-0.25, -0.2) is 0 Å². The van der Waals surface area contributed by atoms with Gasteiger partial charge in [-0.2, -0.15) is 0 Å². The molecule has 1 amide bonds. The van der Waals surface area contributed by atoms with E-state index in [2.05, 4.69) is 29.0 Å². The molecule has 1 aromatic carbocycles. The first-order valence-corrected chi connectivity index (χ1v) is 9.68. The van der Waals surface area contributed by atoms with E-state index in [0.717, 1.165) is 62.0 Å². The quantitative estimate of drug-likeness (QED) is 0.902. The molecule has 0 saturated carbocycles. The molecule has 1 N–H and O–H groups in total. The van der Waals surface area contributed by atoms with Crippen LogP contribution in [0.2, 0.25) is 0 Å². The van der Waals surface area contributed by atoms with Crippen LogP contribution in [0.4, 0.5) is 0 Å². The number of likely N-dealkylation sites (tertiary alicyclic amines) is 1. The molecule has 138 valence electrons.